The summed E-state index contributed by atoms with van der Waals surface area (Å²) in [6, 6.07) is 8.06. The second-order valence-electron chi connectivity index (χ2n) is 4.59. The fourth-order valence-electron chi connectivity index (χ4n) is 1.84. The summed E-state index contributed by atoms with van der Waals surface area (Å²) < 4.78 is 10.1. The molecule has 106 valence electrons. The fraction of sp³-hybridized carbons (Fsp3) is 0.333. The molecule has 20 heavy (non-hydrogen) atoms. The van der Waals surface area contributed by atoms with Crippen LogP contribution in [0.15, 0.2) is 41.3 Å². The average molecular weight is 292 g/mol. The van der Waals surface area contributed by atoms with Crippen LogP contribution in [0, 0.1) is 0 Å². The maximum atomic E-state index is 11.6. The van der Waals surface area contributed by atoms with Gasteiger partial charge in [0.25, 0.3) is 0 Å². The minimum atomic E-state index is -0.578. The van der Waals surface area contributed by atoms with E-state index in [1.165, 1.54) is 17.4 Å². The Morgan fingerprint density at radius 3 is 2.90 bits per heavy atom. The van der Waals surface area contributed by atoms with Crippen molar-refractivity contribution in [1.82, 2.24) is 0 Å². The molecular formula is C15H16O4S. The minimum Gasteiger partial charge on any atom is -0.459 e. The van der Waals surface area contributed by atoms with Gasteiger partial charge >= 0.3 is 11.9 Å². The lowest BCUT2D eigenvalue weighted by atomic mass is 10.1. The second kappa shape index (κ2) is 6.61. The largest absolute Gasteiger partial charge is 0.459 e. The number of carbonyl (C=O) groups excluding carboxylic acids is 2. The predicted octanol–water partition coefficient (Wildman–Crippen LogP) is 2.37. The Kier molecular flexibility index (Phi) is 4.84. The van der Waals surface area contributed by atoms with Gasteiger partial charge in [-0.3, -0.25) is 0 Å². The Labute approximate surface area is 122 Å². The molecule has 0 N–H and O–H groups in total. The van der Waals surface area contributed by atoms with Gasteiger partial charge in [-0.15, -0.1) is 11.8 Å². The van der Waals surface area contributed by atoms with E-state index < -0.39 is 11.9 Å². The molecule has 1 aliphatic rings. The van der Waals surface area contributed by atoms with Crippen molar-refractivity contribution in [2.75, 3.05) is 12.4 Å². The molecule has 0 aromatic heterocycles. The molecule has 0 spiro atoms. The fourth-order valence-corrected chi connectivity index (χ4v) is 2.91. The summed E-state index contributed by atoms with van der Waals surface area (Å²) in [5.74, 6) is -0.383. The molecule has 0 radical (unpaired) electrons. The Morgan fingerprint density at radius 2 is 2.15 bits per heavy atom. The van der Waals surface area contributed by atoms with Crippen LogP contribution in [-0.2, 0) is 25.5 Å². The SMILES string of the molecule is C=C(C)C(=O)OCC(=O)OC1CSc2ccccc2C1. The number of rotatable bonds is 4. The summed E-state index contributed by atoms with van der Waals surface area (Å²) >= 11 is 1.67. The van der Waals surface area contributed by atoms with Gasteiger partial charge in [0.2, 0.25) is 0 Å². The van der Waals surface area contributed by atoms with Crippen molar-refractivity contribution < 1.29 is 19.1 Å². The zero-order chi connectivity index (χ0) is 14.5. The highest BCUT2D eigenvalue weighted by atomic mass is 32.2. The lowest BCUT2D eigenvalue weighted by Gasteiger charge is -2.23. The number of benzene rings is 1. The van der Waals surface area contributed by atoms with Gasteiger partial charge in [-0.05, 0) is 18.6 Å². The smallest absolute Gasteiger partial charge is 0.344 e. The Hall–Kier alpha value is -1.75. The average Bonchev–Trinajstić information content (AvgIpc) is 2.44. The van der Waals surface area contributed by atoms with Crippen molar-refractivity contribution in [2.24, 2.45) is 0 Å². The molecule has 0 aliphatic carbocycles. The van der Waals surface area contributed by atoms with Crippen molar-refractivity contribution in [3.63, 3.8) is 0 Å². The van der Waals surface area contributed by atoms with E-state index in [1.807, 2.05) is 18.2 Å². The molecule has 0 bridgehead atoms. The van der Waals surface area contributed by atoms with Crippen LogP contribution in [0.2, 0.25) is 0 Å². The zero-order valence-electron chi connectivity index (χ0n) is 11.3. The normalized spacial score (nSPS) is 16.9. The quantitative estimate of drug-likeness (QED) is 0.630. The zero-order valence-corrected chi connectivity index (χ0v) is 12.1. The first-order valence-electron chi connectivity index (χ1n) is 6.29. The summed E-state index contributed by atoms with van der Waals surface area (Å²) in [5, 5.41) is 0. The van der Waals surface area contributed by atoms with Crippen LogP contribution < -0.4 is 0 Å². The van der Waals surface area contributed by atoms with Gasteiger partial charge < -0.3 is 9.47 Å². The van der Waals surface area contributed by atoms with Crippen molar-refractivity contribution in [2.45, 2.75) is 24.3 Å². The van der Waals surface area contributed by atoms with Gasteiger partial charge in [-0.2, -0.15) is 0 Å². The van der Waals surface area contributed by atoms with Gasteiger partial charge in [0.1, 0.15) is 6.10 Å². The minimum absolute atomic E-state index is 0.175. The molecule has 0 saturated heterocycles. The lowest BCUT2D eigenvalue weighted by molar-refractivity contribution is -0.159. The monoisotopic (exact) mass is 292 g/mol. The lowest BCUT2D eigenvalue weighted by Crippen LogP contribution is -2.28. The van der Waals surface area contributed by atoms with Crippen LogP contribution >= 0.6 is 11.8 Å². The second-order valence-corrected chi connectivity index (χ2v) is 5.65. The highest BCUT2D eigenvalue weighted by Crippen LogP contribution is 2.30. The molecular weight excluding hydrogens is 276 g/mol. The molecule has 0 amide bonds. The highest BCUT2D eigenvalue weighted by Gasteiger charge is 2.22. The number of hydrogen-bond acceptors (Lipinski definition) is 5. The molecule has 1 aromatic carbocycles. The number of fused-ring (bicyclic) bond motifs is 1. The van der Waals surface area contributed by atoms with E-state index >= 15 is 0 Å². The van der Waals surface area contributed by atoms with Gasteiger partial charge in [0.15, 0.2) is 6.61 Å². The van der Waals surface area contributed by atoms with Gasteiger partial charge in [0, 0.05) is 22.6 Å². The molecule has 1 atom stereocenters. The summed E-state index contributed by atoms with van der Waals surface area (Å²) in [7, 11) is 0. The molecule has 1 unspecified atom stereocenters. The number of esters is 2. The first kappa shape index (κ1) is 14.7. The highest BCUT2D eigenvalue weighted by molar-refractivity contribution is 7.99. The van der Waals surface area contributed by atoms with E-state index in [0.29, 0.717) is 6.42 Å². The molecule has 2 rings (SSSR count). The summed E-state index contributed by atoms with van der Waals surface area (Å²) in [4.78, 5) is 24.0. The van der Waals surface area contributed by atoms with E-state index in [0.717, 1.165) is 5.75 Å². The first-order valence-corrected chi connectivity index (χ1v) is 7.27. The maximum Gasteiger partial charge on any atom is 0.344 e. The van der Waals surface area contributed by atoms with Crippen molar-refractivity contribution >= 4 is 23.7 Å². The van der Waals surface area contributed by atoms with Gasteiger partial charge in [-0.1, -0.05) is 24.8 Å². The number of carbonyl (C=O) groups is 2. The van der Waals surface area contributed by atoms with E-state index in [-0.39, 0.29) is 18.3 Å². The van der Waals surface area contributed by atoms with E-state index in [1.54, 1.807) is 11.8 Å². The van der Waals surface area contributed by atoms with E-state index in [9.17, 15) is 9.59 Å². The molecule has 0 fully saturated rings. The van der Waals surface area contributed by atoms with Crippen molar-refractivity contribution in [3.8, 4) is 0 Å². The number of ether oxygens (including phenoxy) is 2. The Bertz CT molecular complexity index is 538. The third-order valence-electron chi connectivity index (χ3n) is 2.81. The summed E-state index contributed by atoms with van der Waals surface area (Å²) in [6.45, 7) is 4.61. The molecule has 1 aliphatic heterocycles. The standard InChI is InChI=1S/C15H16O4S/c1-10(2)15(17)18-8-14(16)19-12-7-11-5-3-4-6-13(11)20-9-12/h3-6,12H,1,7-9H2,2H3. The Morgan fingerprint density at radius 1 is 1.40 bits per heavy atom. The van der Waals surface area contributed by atoms with Crippen LogP contribution in [0.25, 0.3) is 0 Å². The maximum absolute atomic E-state index is 11.6. The first-order chi connectivity index (χ1) is 9.56. The topological polar surface area (TPSA) is 52.6 Å². The summed E-state index contributed by atoms with van der Waals surface area (Å²) in [5.41, 5.74) is 1.44. The van der Waals surface area contributed by atoms with Gasteiger partial charge in [-0.25, -0.2) is 9.59 Å². The number of thioether (sulfide) groups is 1. The van der Waals surface area contributed by atoms with E-state index in [4.69, 9.17) is 9.47 Å². The molecule has 4 nitrogen and oxygen atoms in total. The Balaban J connectivity index is 1.82. The molecule has 1 heterocycles. The third-order valence-corrected chi connectivity index (χ3v) is 4.06. The van der Waals surface area contributed by atoms with Crippen molar-refractivity contribution in [1.29, 1.82) is 0 Å². The third kappa shape index (κ3) is 3.87. The summed E-state index contributed by atoms with van der Waals surface area (Å²) in [6.07, 6.45) is 0.523. The molecule has 1 aromatic rings. The molecule has 5 heteroatoms. The van der Waals surface area contributed by atoms with Crippen LogP contribution in [0.5, 0.6) is 0 Å². The predicted molar refractivity (Wildman–Crippen MR) is 76.5 cm³/mol. The van der Waals surface area contributed by atoms with Crippen LogP contribution in [-0.4, -0.2) is 30.4 Å². The van der Waals surface area contributed by atoms with Gasteiger partial charge in [0.05, 0.1) is 0 Å². The molecule has 0 saturated carbocycles. The number of hydrogen-bond donors (Lipinski definition) is 0. The van der Waals surface area contributed by atoms with Crippen molar-refractivity contribution in [3.05, 3.63) is 42.0 Å². The van der Waals surface area contributed by atoms with E-state index in [2.05, 4.69) is 12.6 Å². The van der Waals surface area contributed by atoms with Crippen LogP contribution in [0.1, 0.15) is 12.5 Å². The van der Waals surface area contributed by atoms with Crippen LogP contribution in [0.3, 0.4) is 0 Å². The van der Waals surface area contributed by atoms with Crippen LogP contribution in [0.4, 0.5) is 0 Å².